The first-order chi connectivity index (χ1) is 15.5. The fourth-order valence-electron chi connectivity index (χ4n) is 4.11. The number of nitrogens with zero attached hydrogens (tertiary/aromatic N) is 2. The summed E-state index contributed by atoms with van der Waals surface area (Å²) >= 11 is 6.20. The molecular formula is C23H25ClN2O6. The van der Waals surface area contributed by atoms with Gasteiger partial charge in [0, 0.05) is 31.7 Å². The number of morpholine rings is 1. The van der Waals surface area contributed by atoms with Crippen LogP contribution in [0.15, 0.2) is 46.6 Å². The van der Waals surface area contributed by atoms with Crippen molar-refractivity contribution in [2.24, 2.45) is 0 Å². The maximum atomic E-state index is 13.0. The van der Waals surface area contributed by atoms with Gasteiger partial charge in [-0.25, -0.2) is 0 Å². The number of ketones is 1. The minimum Gasteiger partial charge on any atom is -0.507 e. The summed E-state index contributed by atoms with van der Waals surface area (Å²) in [5, 5.41) is 11.3. The molecule has 3 heterocycles. The highest BCUT2D eigenvalue weighted by molar-refractivity contribution is 6.46. The highest BCUT2D eigenvalue weighted by Gasteiger charge is 2.47. The molecule has 0 radical (unpaired) electrons. The summed E-state index contributed by atoms with van der Waals surface area (Å²) in [4.78, 5) is 29.6. The van der Waals surface area contributed by atoms with Gasteiger partial charge in [0.15, 0.2) is 0 Å². The Morgan fingerprint density at radius 2 is 2.00 bits per heavy atom. The van der Waals surface area contributed by atoms with Crippen LogP contribution in [0.1, 0.15) is 23.8 Å². The van der Waals surface area contributed by atoms with E-state index in [0.29, 0.717) is 43.3 Å². The van der Waals surface area contributed by atoms with Crippen molar-refractivity contribution in [3.05, 3.63) is 58.5 Å². The summed E-state index contributed by atoms with van der Waals surface area (Å²) in [6, 6.07) is 7.26. The van der Waals surface area contributed by atoms with E-state index in [0.717, 1.165) is 19.6 Å². The van der Waals surface area contributed by atoms with Crippen LogP contribution in [0.4, 0.5) is 0 Å². The average Bonchev–Trinajstić information content (AvgIpc) is 3.42. The van der Waals surface area contributed by atoms with Gasteiger partial charge in [-0.2, -0.15) is 0 Å². The SMILES string of the molecule is COc1ccc(C(O)=C2C(=O)C(=O)N(CCCN3CCOCC3)[C@@H]2c2ccco2)cc1Cl. The average molecular weight is 461 g/mol. The second-order valence-corrected chi connectivity index (χ2v) is 8.07. The Morgan fingerprint density at radius 3 is 2.66 bits per heavy atom. The van der Waals surface area contributed by atoms with E-state index in [4.69, 9.17) is 25.5 Å². The molecule has 0 saturated carbocycles. The van der Waals surface area contributed by atoms with E-state index in [1.807, 2.05) is 0 Å². The second kappa shape index (κ2) is 9.77. The summed E-state index contributed by atoms with van der Waals surface area (Å²) in [7, 11) is 1.49. The summed E-state index contributed by atoms with van der Waals surface area (Å²) in [6.07, 6.45) is 2.16. The van der Waals surface area contributed by atoms with Crippen molar-refractivity contribution in [1.82, 2.24) is 9.80 Å². The molecule has 2 aromatic rings. The predicted octanol–water partition coefficient (Wildman–Crippen LogP) is 3.09. The molecule has 0 aliphatic carbocycles. The van der Waals surface area contributed by atoms with E-state index >= 15 is 0 Å². The third-order valence-corrected chi connectivity index (χ3v) is 6.05. The maximum Gasteiger partial charge on any atom is 0.295 e. The number of hydrogen-bond donors (Lipinski definition) is 1. The number of amides is 1. The Kier molecular flexibility index (Phi) is 6.83. The topological polar surface area (TPSA) is 92.5 Å². The van der Waals surface area contributed by atoms with E-state index < -0.39 is 17.7 Å². The first-order valence-corrected chi connectivity index (χ1v) is 10.8. The first-order valence-electron chi connectivity index (χ1n) is 10.5. The number of furan rings is 1. The Hall–Kier alpha value is -2.81. The minimum absolute atomic E-state index is 0.0162. The molecule has 1 atom stereocenters. The van der Waals surface area contributed by atoms with Gasteiger partial charge in [0.25, 0.3) is 11.7 Å². The fourth-order valence-corrected chi connectivity index (χ4v) is 4.37. The smallest absolute Gasteiger partial charge is 0.295 e. The molecule has 170 valence electrons. The fraction of sp³-hybridized carbons (Fsp3) is 0.391. The zero-order valence-electron chi connectivity index (χ0n) is 17.8. The van der Waals surface area contributed by atoms with E-state index in [9.17, 15) is 14.7 Å². The third-order valence-electron chi connectivity index (χ3n) is 5.75. The van der Waals surface area contributed by atoms with Crippen LogP contribution in [0.3, 0.4) is 0 Å². The number of ether oxygens (including phenoxy) is 2. The lowest BCUT2D eigenvalue weighted by atomic mass is 9.99. The largest absolute Gasteiger partial charge is 0.507 e. The lowest BCUT2D eigenvalue weighted by molar-refractivity contribution is -0.140. The van der Waals surface area contributed by atoms with Gasteiger partial charge in [-0.05, 0) is 36.8 Å². The minimum atomic E-state index is -0.810. The zero-order valence-corrected chi connectivity index (χ0v) is 18.5. The van der Waals surface area contributed by atoms with Crippen molar-refractivity contribution in [3.63, 3.8) is 0 Å². The highest BCUT2D eigenvalue weighted by Crippen LogP contribution is 2.40. The van der Waals surface area contributed by atoms with E-state index in [2.05, 4.69) is 4.90 Å². The number of Topliss-reactive ketones (excluding diaryl/α,β-unsaturated/α-hetero) is 1. The van der Waals surface area contributed by atoms with Crippen molar-refractivity contribution in [2.45, 2.75) is 12.5 Å². The van der Waals surface area contributed by atoms with Gasteiger partial charge in [0.2, 0.25) is 0 Å². The molecule has 2 aliphatic rings. The molecule has 8 nitrogen and oxygen atoms in total. The highest BCUT2D eigenvalue weighted by atomic mass is 35.5. The van der Waals surface area contributed by atoms with Crippen LogP contribution in [-0.2, 0) is 14.3 Å². The normalized spacial score (nSPS) is 21.3. The first kappa shape index (κ1) is 22.4. The summed E-state index contributed by atoms with van der Waals surface area (Å²) < 4.78 is 16.1. The second-order valence-electron chi connectivity index (χ2n) is 7.66. The molecule has 1 aromatic heterocycles. The lowest BCUT2D eigenvalue weighted by Crippen LogP contribution is -2.38. The van der Waals surface area contributed by atoms with Crippen molar-refractivity contribution in [3.8, 4) is 5.75 Å². The van der Waals surface area contributed by atoms with Crippen LogP contribution in [0.2, 0.25) is 5.02 Å². The molecule has 2 aliphatic heterocycles. The quantitative estimate of drug-likeness (QED) is 0.385. The van der Waals surface area contributed by atoms with Crippen LogP contribution in [-0.4, -0.2) is 73.1 Å². The number of benzene rings is 1. The van der Waals surface area contributed by atoms with E-state index in [-0.39, 0.29) is 16.4 Å². The predicted molar refractivity (Wildman–Crippen MR) is 118 cm³/mol. The van der Waals surface area contributed by atoms with E-state index in [1.54, 1.807) is 24.3 Å². The Labute approximate surface area is 190 Å². The molecular weight excluding hydrogens is 436 g/mol. The number of likely N-dealkylation sites (tertiary alicyclic amines) is 1. The van der Waals surface area contributed by atoms with Crippen LogP contribution >= 0.6 is 11.6 Å². The van der Waals surface area contributed by atoms with Crippen molar-refractivity contribution in [1.29, 1.82) is 0 Å². The molecule has 1 N–H and O–H groups in total. The molecule has 0 spiro atoms. The van der Waals surface area contributed by atoms with Gasteiger partial charge in [-0.3, -0.25) is 14.5 Å². The summed E-state index contributed by atoms with van der Waals surface area (Å²) in [5.41, 5.74) is 0.302. The lowest BCUT2D eigenvalue weighted by Gasteiger charge is -2.28. The van der Waals surface area contributed by atoms with Gasteiger partial charge < -0.3 is 23.9 Å². The van der Waals surface area contributed by atoms with Gasteiger partial charge in [0.05, 0.1) is 37.2 Å². The van der Waals surface area contributed by atoms with Crippen LogP contribution < -0.4 is 4.74 Å². The molecule has 32 heavy (non-hydrogen) atoms. The number of aliphatic hydroxyl groups excluding tert-OH is 1. The number of hydrogen-bond acceptors (Lipinski definition) is 7. The molecule has 0 bridgehead atoms. The Morgan fingerprint density at radius 1 is 1.22 bits per heavy atom. The van der Waals surface area contributed by atoms with Gasteiger partial charge in [0.1, 0.15) is 23.3 Å². The molecule has 4 rings (SSSR count). The number of rotatable bonds is 7. The molecule has 2 fully saturated rings. The number of methoxy groups -OCH3 is 1. The number of halogens is 1. The molecule has 1 aromatic carbocycles. The molecule has 2 saturated heterocycles. The number of carbonyl (C=O) groups excluding carboxylic acids is 2. The van der Waals surface area contributed by atoms with Gasteiger partial charge >= 0.3 is 0 Å². The van der Waals surface area contributed by atoms with Crippen LogP contribution in [0, 0.1) is 0 Å². The van der Waals surface area contributed by atoms with Gasteiger partial charge in [-0.15, -0.1) is 0 Å². The molecule has 1 amide bonds. The molecule has 0 unspecified atom stereocenters. The van der Waals surface area contributed by atoms with Crippen molar-refractivity contribution < 1.29 is 28.6 Å². The van der Waals surface area contributed by atoms with E-state index in [1.165, 1.54) is 24.3 Å². The number of carbonyl (C=O) groups is 2. The Bertz CT molecular complexity index is 1010. The summed E-state index contributed by atoms with van der Waals surface area (Å²) in [5.74, 6) is -0.854. The Balaban J connectivity index is 1.63. The van der Waals surface area contributed by atoms with Crippen LogP contribution in [0.25, 0.3) is 5.76 Å². The van der Waals surface area contributed by atoms with Crippen molar-refractivity contribution in [2.75, 3.05) is 46.5 Å². The molecule has 9 heteroatoms. The zero-order chi connectivity index (χ0) is 22.7. The number of aliphatic hydroxyl groups is 1. The standard InChI is InChI=1S/C23H25ClN2O6/c1-30-17-6-5-15(14-16(17)24)21(27)19-20(18-4-2-11-32-18)26(23(29)22(19)28)8-3-7-25-9-12-31-13-10-25/h2,4-6,11,14,20,27H,3,7-10,12-13H2,1H3/t20-/m1/s1. The van der Waals surface area contributed by atoms with Gasteiger partial charge in [-0.1, -0.05) is 11.6 Å². The third kappa shape index (κ3) is 4.39. The maximum absolute atomic E-state index is 13.0. The summed E-state index contributed by atoms with van der Waals surface area (Å²) in [6.45, 7) is 4.22. The van der Waals surface area contributed by atoms with Crippen LogP contribution in [0.5, 0.6) is 5.75 Å². The monoisotopic (exact) mass is 460 g/mol. The van der Waals surface area contributed by atoms with Crippen molar-refractivity contribution >= 4 is 29.1 Å².